The van der Waals surface area contributed by atoms with Gasteiger partial charge in [0, 0.05) is 38.2 Å². The van der Waals surface area contributed by atoms with Crippen molar-refractivity contribution in [2.45, 2.75) is 95.5 Å². The van der Waals surface area contributed by atoms with Gasteiger partial charge in [-0.1, -0.05) is 78.7 Å². The number of hydrogen-bond acceptors (Lipinski definition) is 9. The minimum atomic E-state index is -1.37. The van der Waals surface area contributed by atoms with Gasteiger partial charge in [-0.2, -0.15) is 0 Å². The molecule has 59 heavy (non-hydrogen) atoms. The molecule has 0 bridgehead atoms. The Balaban J connectivity index is 1.52. The number of unbranched alkanes of at least 4 members (excludes halogenated alkanes) is 2. The number of fused-ring (bicyclic) bond motifs is 2. The highest BCUT2D eigenvalue weighted by atomic mass is 16.7. The monoisotopic (exact) mass is 806 g/mol. The topological polar surface area (TPSA) is 119 Å². The van der Waals surface area contributed by atoms with Gasteiger partial charge in [-0.25, -0.2) is 4.79 Å². The Bertz CT molecular complexity index is 1940. The maximum absolute atomic E-state index is 13.9. The van der Waals surface area contributed by atoms with Crippen LogP contribution in [0.25, 0.3) is 11.1 Å². The molecule has 0 spiro atoms. The number of aliphatic hydroxyl groups excluding tert-OH is 2. The van der Waals surface area contributed by atoms with Crippen molar-refractivity contribution in [1.82, 2.24) is 4.90 Å². The van der Waals surface area contributed by atoms with Crippen molar-refractivity contribution in [2.24, 2.45) is 22.9 Å². The van der Waals surface area contributed by atoms with Gasteiger partial charge in [0.1, 0.15) is 28.9 Å². The Labute approximate surface area is 350 Å². The Hall–Kier alpha value is -4.90. The van der Waals surface area contributed by atoms with Gasteiger partial charge < -0.3 is 38.9 Å². The predicted molar refractivity (Wildman–Crippen MR) is 232 cm³/mol. The molecule has 0 unspecified atom stereocenters. The van der Waals surface area contributed by atoms with E-state index >= 15 is 0 Å². The smallest absolute Gasteiger partial charge is 0.409 e. The molecule has 10 nitrogen and oxygen atoms in total. The van der Waals surface area contributed by atoms with E-state index in [1.807, 2.05) is 63.2 Å². The van der Waals surface area contributed by atoms with Crippen molar-refractivity contribution >= 4 is 11.8 Å². The number of rotatable bonds is 19. The van der Waals surface area contributed by atoms with Crippen molar-refractivity contribution in [3.63, 3.8) is 0 Å². The summed E-state index contributed by atoms with van der Waals surface area (Å²) in [6.45, 7) is 14.2. The average molecular weight is 807 g/mol. The van der Waals surface area contributed by atoms with Gasteiger partial charge in [-0.05, 0) is 112 Å². The molecule has 3 aliphatic rings. The molecule has 316 valence electrons. The van der Waals surface area contributed by atoms with Crippen molar-refractivity contribution in [3.8, 4) is 28.4 Å². The van der Waals surface area contributed by atoms with Gasteiger partial charge in [0.2, 0.25) is 5.79 Å². The summed E-state index contributed by atoms with van der Waals surface area (Å²) in [6, 6.07) is 23.6. The molecule has 1 saturated carbocycles. The number of aliphatic hydroxyl groups is 2. The third kappa shape index (κ3) is 10.1. The fraction of sp³-hybridized carbons (Fsp3) is 0.469. The summed E-state index contributed by atoms with van der Waals surface area (Å²) >= 11 is 0. The molecular formula is C49H62N2O8. The number of nitrogens with zero attached hydrogens (tertiary/aromatic N) is 2. The highest BCUT2D eigenvalue weighted by Crippen LogP contribution is 2.62. The minimum Gasteiger partial charge on any atom is -0.459 e. The molecule has 2 aliphatic carbocycles. The quantitative estimate of drug-likeness (QED) is 0.0698. The van der Waals surface area contributed by atoms with Crippen LogP contribution < -0.4 is 9.47 Å². The Morgan fingerprint density at radius 1 is 0.932 bits per heavy atom. The van der Waals surface area contributed by atoms with Crippen molar-refractivity contribution in [3.05, 3.63) is 115 Å². The van der Waals surface area contributed by atoms with E-state index in [-0.39, 0.29) is 50.6 Å². The molecule has 3 aromatic rings. The van der Waals surface area contributed by atoms with Crippen LogP contribution in [0.1, 0.15) is 83.6 Å². The highest BCUT2D eigenvalue weighted by Gasteiger charge is 2.65. The Kier molecular flexibility index (Phi) is 14.7. The van der Waals surface area contributed by atoms with Crippen LogP contribution in [0.2, 0.25) is 0 Å². The van der Waals surface area contributed by atoms with Crippen molar-refractivity contribution < 1.29 is 38.8 Å². The number of amides is 1. The Morgan fingerprint density at radius 3 is 2.31 bits per heavy atom. The number of likely N-dealkylation sites (N-methyl/N-ethyl adjacent to an activating group) is 1. The Morgan fingerprint density at radius 2 is 1.63 bits per heavy atom. The molecule has 2 N–H and O–H groups in total. The van der Waals surface area contributed by atoms with E-state index in [9.17, 15) is 15.0 Å². The molecule has 1 fully saturated rings. The van der Waals surface area contributed by atoms with Crippen LogP contribution in [0.5, 0.6) is 17.2 Å². The first-order valence-electron chi connectivity index (χ1n) is 21.1. The number of allylic oxidation sites excluding steroid dienone is 1. The maximum Gasteiger partial charge on any atom is 0.409 e. The average Bonchev–Trinajstić information content (AvgIpc) is 3.23. The van der Waals surface area contributed by atoms with Crippen LogP contribution in [0.15, 0.2) is 115 Å². The summed E-state index contributed by atoms with van der Waals surface area (Å²) in [4.78, 5) is 21.6. The van der Waals surface area contributed by atoms with Gasteiger partial charge in [0.15, 0.2) is 0 Å². The molecule has 1 heterocycles. The van der Waals surface area contributed by atoms with Crippen molar-refractivity contribution in [1.29, 1.82) is 0 Å². The number of benzene rings is 3. The lowest BCUT2D eigenvalue weighted by Crippen LogP contribution is -2.69. The van der Waals surface area contributed by atoms with E-state index in [0.717, 1.165) is 53.7 Å². The van der Waals surface area contributed by atoms with Crippen LogP contribution >= 0.6 is 0 Å². The number of carbonyl (C=O) groups excluding carboxylic acids is 1. The zero-order chi connectivity index (χ0) is 42.0. The molecule has 6 atom stereocenters. The number of hydrogen-bond donors (Lipinski definition) is 2. The first-order chi connectivity index (χ1) is 28.5. The summed E-state index contributed by atoms with van der Waals surface area (Å²) < 4.78 is 26.5. The number of oxime groups is 1. The summed E-state index contributed by atoms with van der Waals surface area (Å²) in [7, 11) is 1.73. The van der Waals surface area contributed by atoms with Crippen LogP contribution in [-0.2, 0) is 14.3 Å². The molecule has 0 saturated heterocycles. The zero-order valence-corrected chi connectivity index (χ0v) is 35.2. The van der Waals surface area contributed by atoms with E-state index in [1.54, 1.807) is 24.1 Å². The summed E-state index contributed by atoms with van der Waals surface area (Å²) in [5, 5.41) is 24.6. The first kappa shape index (κ1) is 43.7. The summed E-state index contributed by atoms with van der Waals surface area (Å²) in [5.74, 6) is 0.219. The van der Waals surface area contributed by atoms with Crippen LogP contribution in [0.4, 0.5) is 4.79 Å². The molecule has 0 radical (unpaired) electrons. The van der Waals surface area contributed by atoms with E-state index in [1.165, 1.54) is 0 Å². The van der Waals surface area contributed by atoms with Gasteiger partial charge in [-0.15, -0.1) is 13.2 Å². The highest BCUT2D eigenvalue weighted by molar-refractivity contribution is 6.03. The largest absolute Gasteiger partial charge is 0.459 e. The zero-order valence-electron chi connectivity index (χ0n) is 35.2. The third-order valence-corrected chi connectivity index (χ3v) is 11.6. The lowest BCUT2D eigenvalue weighted by molar-refractivity contribution is -0.253. The van der Waals surface area contributed by atoms with E-state index < -0.39 is 29.4 Å². The standard InChI is InChI=1S/C49H62N2O8/c1-7-9-30-55-47(54)51(6)44-33-42(50-59-48(3,4)5)40-31-36(19-13-15-27-52)39(20-14-16-28-53)45-41-32-38(25-26-43(41)58-49(44,46(40)45)56-29-8-2)57-37-23-21-35(22-24-37)34-17-11-10-12-18-34/h7-8,10-12,17-18,21-26,31-32,36,39,44-46,52-53H,1-2,9,13-16,19-20,27-30,33H2,3-6H3/t36-,39+,44-,45+,46+,49+/m0/s1. The molecule has 1 aliphatic heterocycles. The van der Waals surface area contributed by atoms with Gasteiger partial charge in [0.05, 0.1) is 24.8 Å². The molecular weight excluding hydrogens is 745 g/mol. The maximum atomic E-state index is 13.9. The number of carbonyl (C=O) groups is 1. The molecule has 1 amide bonds. The second-order valence-electron chi connectivity index (χ2n) is 16.8. The van der Waals surface area contributed by atoms with Crippen LogP contribution in [0.3, 0.4) is 0 Å². The lowest BCUT2D eigenvalue weighted by atomic mass is 9.55. The fourth-order valence-corrected chi connectivity index (χ4v) is 8.92. The minimum absolute atomic E-state index is 0.0807. The lowest BCUT2D eigenvalue weighted by Gasteiger charge is -2.59. The molecule has 10 heteroatoms. The van der Waals surface area contributed by atoms with Gasteiger partial charge >= 0.3 is 6.09 Å². The SMILES string of the molecule is C=CCCOC(=O)N(C)[C@H]1CC(=NOC(C)(C)C)C2=C[C@H](CCCCO)[C@@H](CCCCO)[C@@H]3c4cc(Oc5ccc(-c6ccccc6)cc5)ccc4O[C@@]1(OCC=C)[C@H]23. The van der Waals surface area contributed by atoms with E-state index in [0.29, 0.717) is 36.5 Å². The summed E-state index contributed by atoms with van der Waals surface area (Å²) in [6.07, 6.45) is 10.8. The van der Waals surface area contributed by atoms with E-state index in [2.05, 4.69) is 49.6 Å². The number of ether oxygens (including phenoxy) is 4. The first-order valence-corrected chi connectivity index (χ1v) is 21.1. The second kappa shape index (κ2) is 19.9. The second-order valence-corrected chi connectivity index (χ2v) is 16.8. The van der Waals surface area contributed by atoms with Crippen LogP contribution in [0, 0.1) is 17.8 Å². The predicted octanol–water partition coefficient (Wildman–Crippen LogP) is 10.2. The van der Waals surface area contributed by atoms with Gasteiger partial charge in [-0.3, -0.25) is 0 Å². The molecule has 6 rings (SSSR count). The summed E-state index contributed by atoms with van der Waals surface area (Å²) in [5.41, 5.74) is 4.32. The normalized spacial score (nSPS) is 23.9. The van der Waals surface area contributed by atoms with Gasteiger partial charge in [0.25, 0.3) is 0 Å². The molecule has 3 aromatic carbocycles. The van der Waals surface area contributed by atoms with Crippen molar-refractivity contribution in [2.75, 3.05) is 33.5 Å². The fourth-order valence-electron chi connectivity index (χ4n) is 8.92. The van der Waals surface area contributed by atoms with E-state index in [4.69, 9.17) is 28.9 Å². The third-order valence-electron chi connectivity index (χ3n) is 11.6. The van der Waals surface area contributed by atoms with Crippen LogP contribution in [-0.4, -0.2) is 77.8 Å². The molecule has 0 aromatic heterocycles.